The van der Waals surface area contributed by atoms with Crippen LogP contribution in [0.5, 0.6) is 0 Å². The molecular formula is C24H26FN3O2. The van der Waals surface area contributed by atoms with Gasteiger partial charge in [0.25, 0.3) is 0 Å². The molecule has 3 aromatic rings. The number of aromatic nitrogens is 3. The second-order valence-electron chi connectivity index (χ2n) is 7.18. The number of aryl methyl sites for hydroxylation is 3. The number of ether oxygens (including phenoxy) is 1. The van der Waals surface area contributed by atoms with Crippen molar-refractivity contribution in [3.05, 3.63) is 88.5 Å². The minimum absolute atomic E-state index is 0.240. The standard InChI is InChI=1S/C24H26FN3O2/c1-4-6-21-15-26-23(28(21)16-18-9-11-19(25)12-10-18)8-5-7-20-13-17(2)14-22(27-20)24(29)30-3/h4,6,9-15H,5,7-8,16H2,1-3H3/b6-4-. The molecule has 6 heteroatoms. The van der Waals surface area contributed by atoms with Crippen LogP contribution < -0.4 is 0 Å². The van der Waals surface area contributed by atoms with Crippen molar-refractivity contribution >= 4 is 12.0 Å². The van der Waals surface area contributed by atoms with Gasteiger partial charge in [-0.1, -0.05) is 18.2 Å². The van der Waals surface area contributed by atoms with Gasteiger partial charge in [-0.15, -0.1) is 0 Å². The third-order valence-corrected chi connectivity index (χ3v) is 4.81. The number of methoxy groups -OCH3 is 1. The van der Waals surface area contributed by atoms with Crippen molar-refractivity contribution in [1.82, 2.24) is 14.5 Å². The van der Waals surface area contributed by atoms with Gasteiger partial charge in [-0.25, -0.2) is 19.2 Å². The van der Waals surface area contributed by atoms with E-state index in [2.05, 4.69) is 14.5 Å². The van der Waals surface area contributed by atoms with E-state index in [0.29, 0.717) is 12.2 Å². The molecule has 156 valence electrons. The molecule has 0 N–H and O–H groups in total. The van der Waals surface area contributed by atoms with Crippen molar-refractivity contribution in [1.29, 1.82) is 0 Å². The van der Waals surface area contributed by atoms with Gasteiger partial charge in [-0.05, 0) is 68.2 Å². The number of benzene rings is 1. The summed E-state index contributed by atoms with van der Waals surface area (Å²) < 4.78 is 20.2. The van der Waals surface area contributed by atoms with Crippen LogP contribution in [-0.4, -0.2) is 27.6 Å². The van der Waals surface area contributed by atoms with Gasteiger partial charge in [-0.2, -0.15) is 0 Å². The number of carbonyl (C=O) groups excluding carboxylic acids is 1. The van der Waals surface area contributed by atoms with Gasteiger partial charge < -0.3 is 9.30 Å². The van der Waals surface area contributed by atoms with Gasteiger partial charge in [0, 0.05) is 18.7 Å². The van der Waals surface area contributed by atoms with Crippen LogP contribution in [0, 0.1) is 12.7 Å². The Bertz CT molecular complexity index is 1040. The van der Waals surface area contributed by atoms with Gasteiger partial charge in [0.2, 0.25) is 0 Å². The fraction of sp³-hybridized carbons (Fsp3) is 0.292. The largest absolute Gasteiger partial charge is 0.464 e. The number of allylic oxidation sites excluding steroid dienone is 1. The Morgan fingerprint density at radius 1 is 1.20 bits per heavy atom. The van der Waals surface area contributed by atoms with Crippen LogP contribution in [0.1, 0.15) is 52.2 Å². The van der Waals surface area contributed by atoms with Crippen molar-refractivity contribution in [2.24, 2.45) is 0 Å². The Morgan fingerprint density at radius 3 is 2.67 bits per heavy atom. The lowest BCUT2D eigenvalue weighted by molar-refractivity contribution is 0.0593. The number of imidazole rings is 1. The minimum atomic E-state index is -0.425. The Labute approximate surface area is 176 Å². The molecule has 0 aliphatic carbocycles. The van der Waals surface area contributed by atoms with E-state index in [1.165, 1.54) is 19.2 Å². The molecule has 1 aromatic carbocycles. The molecule has 5 nitrogen and oxygen atoms in total. The number of hydrogen-bond acceptors (Lipinski definition) is 4. The zero-order valence-corrected chi connectivity index (χ0v) is 17.6. The summed E-state index contributed by atoms with van der Waals surface area (Å²) in [5.41, 5.74) is 4.21. The van der Waals surface area contributed by atoms with Crippen LogP contribution in [0.25, 0.3) is 6.08 Å². The first-order chi connectivity index (χ1) is 14.5. The molecule has 2 heterocycles. The summed E-state index contributed by atoms with van der Waals surface area (Å²) in [5, 5.41) is 0. The molecule has 0 saturated heterocycles. The molecule has 0 fully saturated rings. The number of rotatable bonds is 8. The van der Waals surface area contributed by atoms with E-state index in [0.717, 1.165) is 47.6 Å². The highest BCUT2D eigenvalue weighted by molar-refractivity contribution is 5.87. The highest BCUT2D eigenvalue weighted by Crippen LogP contribution is 2.16. The Kier molecular flexibility index (Phi) is 7.12. The van der Waals surface area contributed by atoms with Crippen LogP contribution in [0.2, 0.25) is 0 Å². The fourth-order valence-electron chi connectivity index (χ4n) is 3.39. The molecule has 2 aromatic heterocycles. The number of carbonyl (C=O) groups is 1. The number of pyridine rings is 1. The van der Waals surface area contributed by atoms with Crippen LogP contribution in [0.3, 0.4) is 0 Å². The second-order valence-corrected chi connectivity index (χ2v) is 7.18. The molecule has 0 spiro atoms. The number of nitrogens with zero attached hydrogens (tertiary/aromatic N) is 3. The van der Waals surface area contributed by atoms with Crippen molar-refractivity contribution in [3.63, 3.8) is 0 Å². The van der Waals surface area contributed by atoms with Gasteiger partial charge in [0.05, 0.1) is 19.0 Å². The summed E-state index contributed by atoms with van der Waals surface area (Å²) in [4.78, 5) is 20.8. The Morgan fingerprint density at radius 2 is 1.97 bits per heavy atom. The van der Waals surface area contributed by atoms with Crippen LogP contribution in [0.15, 0.2) is 48.7 Å². The smallest absolute Gasteiger partial charge is 0.356 e. The first-order valence-electron chi connectivity index (χ1n) is 9.97. The zero-order chi connectivity index (χ0) is 21.5. The topological polar surface area (TPSA) is 57.0 Å². The molecule has 30 heavy (non-hydrogen) atoms. The van der Waals surface area contributed by atoms with E-state index < -0.39 is 5.97 Å². The number of esters is 1. The van der Waals surface area contributed by atoms with E-state index in [1.807, 2.05) is 38.3 Å². The summed E-state index contributed by atoms with van der Waals surface area (Å²) in [6.07, 6.45) is 8.19. The highest BCUT2D eigenvalue weighted by Gasteiger charge is 2.12. The van der Waals surface area contributed by atoms with Crippen molar-refractivity contribution in [3.8, 4) is 0 Å². The maximum atomic E-state index is 13.2. The summed E-state index contributed by atoms with van der Waals surface area (Å²) in [6, 6.07) is 10.3. The summed E-state index contributed by atoms with van der Waals surface area (Å²) >= 11 is 0. The SMILES string of the molecule is C/C=C\c1cnc(CCCc2cc(C)cc(C(=O)OC)n2)n1Cc1ccc(F)cc1. The van der Waals surface area contributed by atoms with Crippen LogP contribution in [-0.2, 0) is 24.1 Å². The summed E-state index contributed by atoms with van der Waals surface area (Å²) in [7, 11) is 1.36. The number of hydrogen-bond donors (Lipinski definition) is 0. The van der Waals surface area contributed by atoms with Crippen molar-refractivity contribution in [2.75, 3.05) is 7.11 Å². The monoisotopic (exact) mass is 407 g/mol. The Balaban J connectivity index is 1.73. The van der Waals surface area contributed by atoms with Crippen LogP contribution in [0.4, 0.5) is 4.39 Å². The molecular weight excluding hydrogens is 381 g/mol. The fourth-order valence-corrected chi connectivity index (χ4v) is 3.39. The zero-order valence-electron chi connectivity index (χ0n) is 17.6. The van der Waals surface area contributed by atoms with Crippen molar-refractivity contribution < 1.29 is 13.9 Å². The highest BCUT2D eigenvalue weighted by atomic mass is 19.1. The third kappa shape index (κ3) is 5.41. The molecule has 0 unspecified atom stereocenters. The molecule has 0 saturated carbocycles. The average Bonchev–Trinajstić information content (AvgIpc) is 3.10. The van der Waals surface area contributed by atoms with Gasteiger partial charge in [0.1, 0.15) is 17.3 Å². The average molecular weight is 407 g/mol. The molecule has 0 amide bonds. The maximum Gasteiger partial charge on any atom is 0.356 e. The molecule has 0 radical (unpaired) electrons. The second kappa shape index (κ2) is 9.96. The third-order valence-electron chi connectivity index (χ3n) is 4.81. The summed E-state index contributed by atoms with van der Waals surface area (Å²) in [5.74, 6) is 0.300. The predicted molar refractivity (Wildman–Crippen MR) is 115 cm³/mol. The predicted octanol–water partition coefficient (Wildman–Crippen LogP) is 4.77. The molecule has 0 aliphatic rings. The van der Waals surface area contributed by atoms with E-state index in [4.69, 9.17) is 4.74 Å². The first-order valence-corrected chi connectivity index (χ1v) is 9.97. The normalized spacial score (nSPS) is 11.2. The van der Waals surface area contributed by atoms with Gasteiger partial charge in [0.15, 0.2) is 0 Å². The van der Waals surface area contributed by atoms with Crippen LogP contribution >= 0.6 is 0 Å². The minimum Gasteiger partial charge on any atom is -0.464 e. The van der Waals surface area contributed by atoms with E-state index in [-0.39, 0.29) is 5.82 Å². The molecule has 0 aliphatic heterocycles. The summed E-state index contributed by atoms with van der Waals surface area (Å²) in [6.45, 7) is 4.54. The van der Waals surface area contributed by atoms with Gasteiger partial charge in [-0.3, -0.25) is 0 Å². The van der Waals surface area contributed by atoms with E-state index >= 15 is 0 Å². The first kappa shape index (κ1) is 21.4. The Hall–Kier alpha value is -3.28. The lowest BCUT2D eigenvalue weighted by atomic mass is 10.1. The van der Waals surface area contributed by atoms with Crippen molar-refractivity contribution in [2.45, 2.75) is 39.7 Å². The number of halogens is 1. The van der Waals surface area contributed by atoms with E-state index in [1.54, 1.807) is 18.2 Å². The molecule has 3 rings (SSSR count). The quantitative estimate of drug-likeness (QED) is 0.505. The maximum absolute atomic E-state index is 13.2. The molecule has 0 atom stereocenters. The lowest BCUT2D eigenvalue weighted by Gasteiger charge is -2.11. The molecule has 0 bridgehead atoms. The lowest BCUT2D eigenvalue weighted by Crippen LogP contribution is -2.09. The van der Waals surface area contributed by atoms with E-state index in [9.17, 15) is 9.18 Å². The van der Waals surface area contributed by atoms with Gasteiger partial charge >= 0.3 is 5.97 Å².